The molecule has 0 bridgehead atoms. The fourth-order valence-electron chi connectivity index (χ4n) is 1.70. The highest BCUT2D eigenvalue weighted by atomic mass is 14.0. The van der Waals surface area contributed by atoms with E-state index in [0.29, 0.717) is 0 Å². The zero-order valence-electron chi connectivity index (χ0n) is 7.96. The molecule has 0 amide bonds. The second-order valence-electron chi connectivity index (χ2n) is 3.43. The highest BCUT2D eigenvalue weighted by Crippen LogP contribution is 2.22. The first-order valence-electron chi connectivity index (χ1n) is 4.88. The molecular weight excluding hydrogens is 156 g/mol. The van der Waals surface area contributed by atoms with Crippen molar-refractivity contribution in [1.29, 1.82) is 0 Å². The average molecular weight is 170 g/mol. The Balaban J connectivity index is 2.45. The van der Waals surface area contributed by atoms with Crippen LogP contribution in [0.15, 0.2) is 42.5 Å². The number of hydrogen-bond donors (Lipinski definition) is 0. The number of fused-ring (bicyclic) bond motifs is 1. The summed E-state index contributed by atoms with van der Waals surface area (Å²) in [5, 5.41) is 0. The summed E-state index contributed by atoms with van der Waals surface area (Å²) in [6.45, 7) is 2.22. The Morgan fingerprint density at radius 2 is 1.62 bits per heavy atom. The molecule has 0 radical (unpaired) electrons. The SMILES string of the molecule is CCCc1cccc2cccc-2c1. The fraction of sp³-hybridized carbons (Fsp3) is 0.231. The third kappa shape index (κ3) is 1.72. The highest BCUT2D eigenvalue weighted by Gasteiger charge is 1.99. The average Bonchev–Trinajstić information content (AvgIpc) is 2.46. The van der Waals surface area contributed by atoms with Gasteiger partial charge in [0, 0.05) is 0 Å². The van der Waals surface area contributed by atoms with Gasteiger partial charge in [0.05, 0.1) is 0 Å². The number of hydrogen-bond acceptors (Lipinski definition) is 0. The lowest BCUT2D eigenvalue weighted by Crippen LogP contribution is -1.78. The molecule has 0 saturated carbocycles. The maximum atomic E-state index is 2.29. The van der Waals surface area contributed by atoms with E-state index >= 15 is 0 Å². The smallest absolute Gasteiger partial charge is 0.0181 e. The molecule has 0 fully saturated rings. The van der Waals surface area contributed by atoms with Gasteiger partial charge in [-0.25, -0.2) is 0 Å². The lowest BCUT2D eigenvalue weighted by Gasteiger charge is -1.94. The van der Waals surface area contributed by atoms with Gasteiger partial charge in [0.1, 0.15) is 0 Å². The molecule has 0 heteroatoms. The number of rotatable bonds is 2. The molecule has 2 aliphatic rings. The van der Waals surface area contributed by atoms with Crippen LogP contribution in [0.4, 0.5) is 0 Å². The predicted octanol–water partition coefficient (Wildman–Crippen LogP) is 3.74. The van der Waals surface area contributed by atoms with Crippen LogP contribution in [0.25, 0.3) is 11.1 Å². The summed E-state index contributed by atoms with van der Waals surface area (Å²) in [5.41, 5.74) is 4.12. The standard InChI is InChI=1S/C13H14/c1-2-5-11-6-3-7-12-8-4-9-13(12)10-11/h3-4,6-10H,2,5H2,1H3. The summed E-state index contributed by atoms with van der Waals surface area (Å²) in [5.74, 6) is 0. The van der Waals surface area contributed by atoms with E-state index < -0.39 is 0 Å². The first-order valence-corrected chi connectivity index (χ1v) is 4.88. The van der Waals surface area contributed by atoms with Gasteiger partial charge in [-0.15, -0.1) is 0 Å². The molecule has 0 nitrogen and oxygen atoms in total. The van der Waals surface area contributed by atoms with Crippen LogP contribution in [0.2, 0.25) is 0 Å². The van der Waals surface area contributed by atoms with Crippen molar-refractivity contribution < 1.29 is 0 Å². The van der Waals surface area contributed by atoms with E-state index in [1.807, 2.05) is 0 Å². The second-order valence-corrected chi connectivity index (χ2v) is 3.43. The van der Waals surface area contributed by atoms with Gasteiger partial charge in [0.2, 0.25) is 0 Å². The van der Waals surface area contributed by atoms with Crippen molar-refractivity contribution in [3.05, 3.63) is 48.0 Å². The van der Waals surface area contributed by atoms with Crippen molar-refractivity contribution in [2.75, 3.05) is 0 Å². The Morgan fingerprint density at radius 1 is 0.923 bits per heavy atom. The molecule has 66 valence electrons. The first kappa shape index (κ1) is 8.31. The van der Waals surface area contributed by atoms with Crippen LogP contribution in [-0.4, -0.2) is 0 Å². The molecular formula is C13H14. The van der Waals surface area contributed by atoms with Crippen LogP contribution in [0.1, 0.15) is 18.9 Å². The second kappa shape index (κ2) is 3.61. The van der Waals surface area contributed by atoms with Gasteiger partial charge in [-0.3, -0.25) is 0 Å². The molecule has 2 aliphatic carbocycles. The highest BCUT2D eigenvalue weighted by molar-refractivity contribution is 5.66. The van der Waals surface area contributed by atoms with Gasteiger partial charge in [-0.05, 0) is 23.1 Å². The number of aryl methyl sites for hydroxylation is 1. The lowest BCUT2D eigenvalue weighted by molar-refractivity contribution is 0.924. The van der Waals surface area contributed by atoms with E-state index in [1.165, 1.54) is 29.5 Å². The third-order valence-electron chi connectivity index (χ3n) is 2.35. The Morgan fingerprint density at radius 3 is 2.38 bits per heavy atom. The summed E-state index contributed by atoms with van der Waals surface area (Å²) in [7, 11) is 0. The van der Waals surface area contributed by atoms with Crippen LogP contribution in [-0.2, 0) is 6.42 Å². The molecule has 0 saturated heterocycles. The molecule has 0 aliphatic heterocycles. The van der Waals surface area contributed by atoms with E-state index in [1.54, 1.807) is 0 Å². The Bertz CT molecular complexity index is 363. The van der Waals surface area contributed by atoms with Gasteiger partial charge in [0.25, 0.3) is 0 Å². The van der Waals surface area contributed by atoms with Crippen LogP contribution in [0.5, 0.6) is 0 Å². The van der Waals surface area contributed by atoms with E-state index in [4.69, 9.17) is 0 Å². The topological polar surface area (TPSA) is 0 Å². The maximum absolute atomic E-state index is 2.29. The van der Waals surface area contributed by atoms with E-state index in [9.17, 15) is 0 Å². The summed E-state index contributed by atoms with van der Waals surface area (Å²) in [6.07, 6.45) is 2.39. The van der Waals surface area contributed by atoms with Gasteiger partial charge < -0.3 is 0 Å². The predicted molar refractivity (Wildman–Crippen MR) is 57.1 cm³/mol. The van der Waals surface area contributed by atoms with Crippen LogP contribution >= 0.6 is 0 Å². The van der Waals surface area contributed by atoms with Crippen molar-refractivity contribution in [2.24, 2.45) is 0 Å². The van der Waals surface area contributed by atoms with E-state index in [2.05, 4.69) is 49.4 Å². The van der Waals surface area contributed by atoms with Crippen molar-refractivity contribution in [3.63, 3.8) is 0 Å². The molecule has 0 aromatic heterocycles. The fourth-order valence-corrected chi connectivity index (χ4v) is 1.70. The summed E-state index contributed by atoms with van der Waals surface area (Å²) < 4.78 is 0. The Labute approximate surface area is 79.6 Å². The van der Waals surface area contributed by atoms with Crippen LogP contribution < -0.4 is 0 Å². The lowest BCUT2D eigenvalue weighted by atomic mass is 10.1. The maximum Gasteiger partial charge on any atom is -0.0181 e. The van der Waals surface area contributed by atoms with Crippen molar-refractivity contribution >= 4 is 0 Å². The van der Waals surface area contributed by atoms with E-state index in [-0.39, 0.29) is 0 Å². The van der Waals surface area contributed by atoms with Crippen molar-refractivity contribution in [1.82, 2.24) is 0 Å². The minimum atomic E-state index is 1.18. The van der Waals surface area contributed by atoms with Gasteiger partial charge in [-0.2, -0.15) is 0 Å². The minimum Gasteiger partial charge on any atom is -0.0651 e. The molecule has 0 unspecified atom stereocenters. The summed E-state index contributed by atoms with van der Waals surface area (Å²) >= 11 is 0. The zero-order chi connectivity index (χ0) is 9.10. The normalized spacial score (nSPS) is 10.5. The third-order valence-corrected chi connectivity index (χ3v) is 2.35. The van der Waals surface area contributed by atoms with Gasteiger partial charge >= 0.3 is 0 Å². The van der Waals surface area contributed by atoms with Crippen molar-refractivity contribution in [2.45, 2.75) is 19.8 Å². The monoisotopic (exact) mass is 170 g/mol. The van der Waals surface area contributed by atoms with Gasteiger partial charge in [-0.1, -0.05) is 55.8 Å². The molecule has 0 heterocycles. The zero-order valence-corrected chi connectivity index (χ0v) is 7.96. The summed E-state index contributed by atoms with van der Waals surface area (Å²) in [4.78, 5) is 0. The molecule has 0 atom stereocenters. The Hall–Kier alpha value is -1.30. The molecule has 0 N–H and O–H groups in total. The van der Waals surface area contributed by atoms with Crippen LogP contribution in [0.3, 0.4) is 0 Å². The van der Waals surface area contributed by atoms with E-state index in [0.717, 1.165) is 0 Å². The quantitative estimate of drug-likeness (QED) is 0.644. The van der Waals surface area contributed by atoms with Crippen LogP contribution in [0, 0.1) is 0 Å². The largest absolute Gasteiger partial charge is 0.0651 e. The molecule has 0 aromatic rings. The molecule has 2 rings (SSSR count). The van der Waals surface area contributed by atoms with Crippen molar-refractivity contribution in [3.8, 4) is 11.1 Å². The first-order chi connectivity index (χ1) is 6.40. The Kier molecular flexibility index (Phi) is 2.31. The van der Waals surface area contributed by atoms with Gasteiger partial charge in [0.15, 0.2) is 0 Å². The molecule has 0 aromatic carbocycles. The molecule has 13 heavy (non-hydrogen) atoms. The minimum absolute atomic E-state index is 1.18. The summed E-state index contributed by atoms with van der Waals surface area (Å²) in [6, 6.07) is 15.3. The molecule has 0 spiro atoms.